The van der Waals surface area contributed by atoms with E-state index >= 15 is 0 Å². The van der Waals surface area contributed by atoms with Crippen LogP contribution in [0.3, 0.4) is 0 Å². The molecular formula is C15H16N6OS. The van der Waals surface area contributed by atoms with E-state index in [1.165, 1.54) is 22.3 Å². The van der Waals surface area contributed by atoms with Crippen molar-refractivity contribution in [3.05, 3.63) is 47.2 Å². The van der Waals surface area contributed by atoms with Gasteiger partial charge in [-0.25, -0.2) is 0 Å². The molecule has 8 heteroatoms. The first-order valence-corrected chi connectivity index (χ1v) is 8.05. The van der Waals surface area contributed by atoms with Gasteiger partial charge in [0, 0.05) is 6.42 Å². The first-order chi connectivity index (χ1) is 11.1. The number of rotatable bonds is 5. The van der Waals surface area contributed by atoms with Gasteiger partial charge in [0.15, 0.2) is 5.69 Å². The zero-order valence-corrected chi connectivity index (χ0v) is 13.6. The van der Waals surface area contributed by atoms with E-state index in [1.54, 1.807) is 0 Å². The van der Waals surface area contributed by atoms with Crippen LogP contribution >= 0.6 is 11.3 Å². The fraction of sp³-hybridized carbons (Fsp3) is 0.267. The molecule has 0 aliphatic heterocycles. The van der Waals surface area contributed by atoms with Gasteiger partial charge in [0.2, 0.25) is 5.13 Å². The highest BCUT2D eigenvalue weighted by Crippen LogP contribution is 2.18. The molecule has 1 N–H and O–H groups in total. The summed E-state index contributed by atoms with van der Waals surface area (Å²) in [4.78, 5) is 13.6. The lowest BCUT2D eigenvalue weighted by molar-refractivity contribution is 0.102. The molecule has 0 aliphatic carbocycles. The Labute approximate surface area is 137 Å². The van der Waals surface area contributed by atoms with Crippen LogP contribution in [0.2, 0.25) is 0 Å². The van der Waals surface area contributed by atoms with E-state index in [9.17, 15) is 4.79 Å². The fourth-order valence-corrected chi connectivity index (χ4v) is 2.90. The molecule has 3 aromatic rings. The Morgan fingerprint density at radius 3 is 2.78 bits per heavy atom. The van der Waals surface area contributed by atoms with E-state index in [-0.39, 0.29) is 11.6 Å². The van der Waals surface area contributed by atoms with Crippen LogP contribution in [0.5, 0.6) is 0 Å². The van der Waals surface area contributed by atoms with Crippen LogP contribution in [0.1, 0.15) is 29.3 Å². The lowest BCUT2D eigenvalue weighted by atomic mass is 10.1. The number of nitrogens with one attached hydrogen (secondary N) is 1. The maximum atomic E-state index is 12.2. The van der Waals surface area contributed by atoms with Crippen molar-refractivity contribution in [1.29, 1.82) is 0 Å². The van der Waals surface area contributed by atoms with E-state index in [0.29, 0.717) is 11.0 Å². The number of hydrogen-bond donors (Lipinski definition) is 1. The minimum absolute atomic E-state index is 0.231. The number of carbonyl (C=O) groups excluding carboxylic acids is 1. The quantitative estimate of drug-likeness (QED) is 0.778. The van der Waals surface area contributed by atoms with Gasteiger partial charge >= 0.3 is 0 Å². The van der Waals surface area contributed by atoms with Gasteiger partial charge < -0.3 is 0 Å². The van der Waals surface area contributed by atoms with E-state index in [0.717, 1.165) is 17.1 Å². The Kier molecular flexibility index (Phi) is 4.42. The Morgan fingerprint density at radius 1 is 1.26 bits per heavy atom. The Balaban J connectivity index is 1.69. The monoisotopic (exact) mass is 328 g/mol. The predicted molar refractivity (Wildman–Crippen MR) is 87.8 cm³/mol. The predicted octanol–water partition coefficient (Wildman–Crippen LogP) is 2.57. The van der Waals surface area contributed by atoms with E-state index in [2.05, 4.69) is 39.6 Å². The maximum Gasteiger partial charge on any atom is 0.279 e. The van der Waals surface area contributed by atoms with E-state index in [1.807, 2.05) is 30.3 Å². The van der Waals surface area contributed by atoms with Gasteiger partial charge in [0.25, 0.3) is 5.91 Å². The summed E-state index contributed by atoms with van der Waals surface area (Å²) < 4.78 is 0. The van der Waals surface area contributed by atoms with Gasteiger partial charge in [0.1, 0.15) is 5.01 Å². The van der Waals surface area contributed by atoms with Crippen molar-refractivity contribution in [2.24, 2.45) is 5.92 Å². The average Bonchev–Trinajstić information content (AvgIpc) is 3.17. The standard InChI is InChI=1S/C15H16N6OS/c1-10(2)8-13-18-19-15(23-13)17-14(22)12-9-16-21(20-12)11-6-4-3-5-7-11/h3-7,9-10H,8H2,1-2H3,(H,17,19,22). The zero-order valence-electron chi connectivity index (χ0n) is 12.8. The minimum atomic E-state index is -0.348. The van der Waals surface area contributed by atoms with Crippen LogP contribution in [0.25, 0.3) is 5.69 Å². The minimum Gasteiger partial charge on any atom is -0.295 e. The molecule has 0 radical (unpaired) electrons. The summed E-state index contributed by atoms with van der Waals surface area (Å²) in [7, 11) is 0. The number of amides is 1. The van der Waals surface area contributed by atoms with Gasteiger partial charge in [0.05, 0.1) is 11.9 Å². The average molecular weight is 328 g/mol. The Hall–Kier alpha value is -2.61. The van der Waals surface area contributed by atoms with Crippen LogP contribution in [0.15, 0.2) is 36.5 Å². The van der Waals surface area contributed by atoms with Gasteiger partial charge in [-0.1, -0.05) is 43.4 Å². The molecule has 0 aliphatic rings. The third-order valence-corrected chi connectivity index (χ3v) is 3.84. The maximum absolute atomic E-state index is 12.2. The molecular weight excluding hydrogens is 312 g/mol. The fourth-order valence-electron chi connectivity index (χ4n) is 1.95. The number of aromatic nitrogens is 5. The van der Waals surface area contributed by atoms with Crippen molar-refractivity contribution in [2.45, 2.75) is 20.3 Å². The van der Waals surface area contributed by atoms with Crippen LogP contribution in [0, 0.1) is 5.92 Å². The molecule has 7 nitrogen and oxygen atoms in total. The molecule has 118 valence electrons. The molecule has 0 spiro atoms. The second-order valence-electron chi connectivity index (χ2n) is 5.41. The molecule has 2 aromatic heterocycles. The van der Waals surface area contributed by atoms with Crippen molar-refractivity contribution in [2.75, 3.05) is 5.32 Å². The molecule has 0 fully saturated rings. The summed E-state index contributed by atoms with van der Waals surface area (Å²) in [5, 5.41) is 20.4. The Morgan fingerprint density at radius 2 is 2.04 bits per heavy atom. The molecule has 1 aromatic carbocycles. The topological polar surface area (TPSA) is 85.6 Å². The molecule has 0 bridgehead atoms. The smallest absolute Gasteiger partial charge is 0.279 e. The molecule has 0 unspecified atom stereocenters. The van der Waals surface area contributed by atoms with Crippen molar-refractivity contribution in [1.82, 2.24) is 25.2 Å². The van der Waals surface area contributed by atoms with Crippen LogP contribution in [-0.2, 0) is 6.42 Å². The molecule has 0 saturated carbocycles. The summed E-state index contributed by atoms with van der Waals surface area (Å²) in [6, 6.07) is 9.41. The third-order valence-electron chi connectivity index (χ3n) is 2.98. The number of carbonyl (C=O) groups is 1. The van der Waals surface area contributed by atoms with E-state index in [4.69, 9.17) is 0 Å². The largest absolute Gasteiger partial charge is 0.295 e. The van der Waals surface area contributed by atoms with Crippen molar-refractivity contribution in [3.63, 3.8) is 0 Å². The first-order valence-electron chi connectivity index (χ1n) is 7.23. The lowest BCUT2D eigenvalue weighted by Crippen LogP contribution is -2.13. The molecule has 23 heavy (non-hydrogen) atoms. The van der Waals surface area contributed by atoms with Gasteiger partial charge in [-0.05, 0) is 18.1 Å². The first kappa shape index (κ1) is 15.3. The number of anilines is 1. The summed E-state index contributed by atoms with van der Waals surface area (Å²) in [6.45, 7) is 4.23. The van der Waals surface area contributed by atoms with Crippen molar-refractivity contribution in [3.8, 4) is 5.69 Å². The second kappa shape index (κ2) is 6.66. The highest BCUT2D eigenvalue weighted by Gasteiger charge is 2.14. The third kappa shape index (κ3) is 3.78. The summed E-state index contributed by atoms with van der Waals surface area (Å²) >= 11 is 1.38. The normalized spacial score (nSPS) is 10.9. The molecule has 0 atom stereocenters. The van der Waals surface area contributed by atoms with Gasteiger partial charge in [-0.2, -0.15) is 9.90 Å². The van der Waals surface area contributed by atoms with Gasteiger partial charge in [-0.3, -0.25) is 10.1 Å². The SMILES string of the molecule is CC(C)Cc1nnc(NC(=O)c2cnn(-c3ccccc3)n2)s1. The summed E-state index contributed by atoms with van der Waals surface area (Å²) in [6.07, 6.45) is 2.27. The number of nitrogens with zero attached hydrogens (tertiary/aromatic N) is 5. The number of hydrogen-bond acceptors (Lipinski definition) is 6. The highest BCUT2D eigenvalue weighted by atomic mass is 32.1. The molecule has 3 rings (SSSR count). The molecule has 1 amide bonds. The second-order valence-corrected chi connectivity index (χ2v) is 6.47. The van der Waals surface area contributed by atoms with Crippen molar-refractivity contribution >= 4 is 22.4 Å². The van der Waals surface area contributed by atoms with Crippen LogP contribution in [-0.4, -0.2) is 31.1 Å². The summed E-state index contributed by atoms with van der Waals surface area (Å²) in [5.41, 5.74) is 1.02. The zero-order chi connectivity index (χ0) is 16.2. The Bertz CT molecular complexity index is 795. The number of para-hydroxylation sites is 1. The lowest BCUT2D eigenvalue weighted by Gasteiger charge is -1.98. The summed E-state index contributed by atoms with van der Waals surface area (Å²) in [5.74, 6) is 0.150. The van der Waals surface area contributed by atoms with Crippen molar-refractivity contribution < 1.29 is 4.79 Å². The highest BCUT2D eigenvalue weighted by molar-refractivity contribution is 7.15. The van der Waals surface area contributed by atoms with Crippen LogP contribution < -0.4 is 5.32 Å². The number of benzene rings is 1. The molecule has 0 saturated heterocycles. The van der Waals surface area contributed by atoms with E-state index < -0.39 is 0 Å². The molecule has 2 heterocycles. The van der Waals surface area contributed by atoms with Crippen LogP contribution in [0.4, 0.5) is 5.13 Å². The van der Waals surface area contributed by atoms with Gasteiger partial charge in [-0.15, -0.1) is 15.3 Å².